The molecule has 110 valence electrons. The summed E-state index contributed by atoms with van der Waals surface area (Å²) in [5.74, 6) is -2.39. The first-order chi connectivity index (χ1) is 9.66. The summed E-state index contributed by atoms with van der Waals surface area (Å²) in [6.45, 7) is 0. The highest BCUT2D eigenvalue weighted by atomic mass is 19.4. The van der Waals surface area contributed by atoms with Crippen LogP contribution in [0.4, 0.5) is 18.9 Å². The van der Waals surface area contributed by atoms with E-state index in [1.54, 1.807) is 0 Å². The van der Waals surface area contributed by atoms with Gasteiger partial charge in [-0.1, -0.05) is 0 Å². The van der Waals surface area contributed by atoms with E-state index in [2.05, 4.69) is 10.5 Å². The third kappa shape index (κ3) is 3.93. The number of carboxylic acids is 1. The molecule has 0 spiro atoms. The number of hydrazone groups is 1. The second-order valence-corrected chi connectivity index (χ2v) is 3.66. The van der Waals surface area contributed by atoms with E-state index in [-0.39, 0.29) is 5.69 Å². The minimum atomic E-state index is -4.87. The zero-order valence-corrected chi connectivity index (χ0v) is 10.2. The number of hydrogen-bond donors (Lipinski definition) is 4. The summed E-state index contributed by atoms with van der Waals surface area (Å²) in [6, 6.07) is 3.79. The highest BCUT2D eigenvalue weighted by Gasteiger charge is 2.35. The molecule has 0 unspecified atom stereocenters. The van der Waals surface area contributed by atoms with Crippen molar-refractivity contribution in [2.75, 3.05) is 5.43 Å². The van der Waals surface area contributed by atoms with Gasteiger partial charge in [-0.2, -0.15) is 23.5 Å². The fraction of sp³-hybridized carbons (Fsp3) is 0.0909. The maximum Gasteiger partial charge on any atom is 0.417 e. The lowest BCUT2D eigenvalue weighted by Crippen LogP contribution is -2.22. The van der Waals surface area contributed by atoms with Crippen LogP contribution in [0.5, 0.6) is 0 Å². The molecule has 0 fully saturated rings. The van der Waals surface area contributed by atoms with Crippen LogP contribution in [0.3, 0.4) is 0 Å². The Morgan fingerprint density at radius 2 is 2.10 bits per heavy atom. The van der Waals surface area contributed by atoms with Gasteiger partial charge in [-0.3, -0.25) is 10.8 Å². The van der Waals surface area contributed by atoms with Gasteiger partial charge in [0.25, 0.3) is 0 Å². The summed E-state index contributed by atoms with van der Waals surface area (Å²) in [5, 5.41) is 27.6. The Bertz CT molecular complexity index is 661. The van der Waals surface area contributed by atoms with Crippen LogP contribution in [0, 0.1) is 16.7 Å². The number of amidine groups is 1. The van der Waals surface area contributed by atoms with E-state index in [1.165, 1.54) is 6.07 Å². The summed E-state index contributed by atoms with van der Waals surface area (Å²) >= 11 is 0. The maximum absolute atomic E-state index is 12.7. The van der Waals surface area contributed by atoms with Crippen molar-refractivity contribution in [3.8, 4) is 6.07 Å². The molecule has 0 saturated carbocycles. The Morgan fingerprint density at radius 3 is 2.52 bits per heavy atom. The minimum absolute atomic E-state index is 0.207. The molecule has 0 aliphatic heterocycles. The summed E-state index contributed by atoms with van der Waals surface area (Å²) in [5.41, 5.74) is 4.11. The van der Waals surface area contributed by atoms with Gasteiger partial charge in [-0.15, -0.1) is 0 Å². The number of hydrogen-bond acceptors (Lipinski definition) is 5. The van der Waals surface area contributed by atoms with Crippen molar-refractivity contribution in [1.29, 1.82) is 10.7 Å². The summed E-state index contributed by atoms with van der Waals surface area (Å²) in [6.07, 6.45) is -4.87. The Morgan fingerprint density at radius 1 is 1.48 bits per heavy atom. The fourth-order valence-corrected chi connectivity index (χ4v) is 1.30. The number of carbonyl (C=O) groups is 1. The molecule has 5 N–H and O–H groups in total. The average molecular weight is 299 g/mol. The monoisotopic (exact) mass is 299 g/mol. The van der Waals surface area contributed by atoms with E-state index >= 15 is 0 Å². The smallest absolute Gasteiger partial charge is 0.417 e. The van der Waals surface area contributed by atoms with Crippen molar-refractivity contribution in [1.82, 2.24) is 0 Å². The van der Waals surface area contributed by atoms with Crippen molar-refractivity contribution in [2.45, 2.75) is 6.18 Å². The van der Waals surface area contributed by atoms with Crippen LogP contribution in [-0.2, 0) is 6.18 Å². The molecule has 1 aromatic rings. The number of nitrogens with one attached hydrogen (secondary N) is 2. The minimum Gasteiger partial charge on any atom is -0.478 e. The van der Waals surface area contributed by atoms with Gasteiger partial charge in [-0.05, 0) is 18.2 Å². The van der Waals surface area contributed by atoms with E-state index in [9.17, 15) is 18.0 Å². The molecule has 1 aromatic carbocycles. The summed E-state index contributed by atoms with van der Waals surface area (Å²) in [7, 11) is 0. The van der Waals surface area contributed by atoms with Crippen molar-refractivity contribution < 1.29 is 23.1 Å². The molecule has 10 heteroatoms. The number of nitrogens with two attached hydrogens (primary N) is 1. The number of halogens is 3. The van der Waals surface area contributed by atoms with Crippen LogP contribution in [0.15, 0.2) is 23.3 Å². The topological polar surface area (TPSA) is 135 Å². The molecule has 1 rings (SSSR count). The first-order valence-electron chi connectivity index (χ1n) is 5.19. The molecule has 0 aliphatic carbocycles. The molecule has 0 atom stereocenters. The number of nitrogens with zero attached hydrogens (tertiary/aromatic N) is 2. The Hall–Kier alpha value is -3.09. The van der Waals surface area contributed by atoms with E-state index in [0.29, 0.717) is 6.07 Å². The van der Waals surface area contributed by atoms with Gasteiger partial charge in [0.05, 0.1) is 16.8 Å². The first-order valence-corrected chi connectivity index (χ1v) is 5.19. The van der Waals surface area contributed by atoms with Gasteiger partial charge in [-0.25, -0.2) is 4.79 Å². The van der Waals surface area contributed by atoms with Crippen LogP contribution < -0.4 is 11.2 Å². The van der Waals surface area contributed by atoms with Gasteiger partial charge in [0.15, 0.2) is 5.84 Å². The largest absolute Gasteiger partial charge is 0.478 e. The predicted molar refractivity (Wildman–Crippen MR) is 67.0 cm³/mol. The Balaban J connectivity index is 3.22. The number of rotatable bonds is 4. The van der Waals surface area contributed by atoms with Crippen molar-refractivity contribution in [3.05, 3.63) is 29.3 Å². The normalized spacial score (nSPS) is 11.6. The van der Waals surface area contributed by atoms with Crippen molar-refractivity contribution in [2.24, 2.45) is 10.8 Å². The molecule has 0 radical (unpaired) electrons. The second kappa shape index (κ2) is 5.91. The van der Waals surface area contributed by atoms with E-state index in [0.717, 1.165) is 12.1 Å². The molecule has 0 aromatic heterocycles. The quantitative estimate of drug-likeness (QED) is 0.380. The van der Waals surface area contributed by atoms with E-state index < -0.39 is 34.8 Å². The molecule has 21 heavy (non-hydrogen) atoms. The van der Waals surface area contributed by atoms with E-state index in [4.69, 9.17) is 21.5 Å². The van der Waals surface area contributed by atoms with Crippen molar-refractivity contribution >= 4 is 23.2 Å². The molecule has 0 saturated heterocycles. The molecule has 0 heterocycles. The zero-order chi connectivity index (χ0) is 16.2. The standard InChI is InChI=1S/C11H8F3N5O2/c12-11(13,14)7-3-5(1-2-6(7)10(20)21)18-19-8(4-15)9(16)17/h1-3,18H,(H3,16,17)(H,20,21)/b19-8+. The SMILES string of the molecule is N#C/C(=N\Nc1ccc(C(=O)O)c(C(F)(F)F)c1)C(=N)N. The zero-order valence-electron chi connectivity index (χ0n) is 10.2. The van der Waals surface area contributed by atoms with Gasteiger partial charge in [0, 0.05) is 0 Å². The number of anilines is 1. The number of alkyl halides is 3. The molecule has 0 aliphatic rings. The first kappa shape index (κ1) is 16.0. The highest BCUT2D eigenvalue weighted by molar-refractivity contribution is 6.45. The predicted octanol–water partition coefficient (Wildman–Crippen LogP) is 1.63. The van der Waals surface area contributed by atoms with Gasteiger partial charge in [0.1, 0.15) is 6.07 Å². The summed E-state index contributed by atoms with van der Waals surface area (Å²) in [4.78, 5) is 10.7. The Labute approximate surface area is 116 Å². The van der Waals surface area contributed by atoms with Crippen LogP contribution in [0.2, 0.25) is 0 Å². The lowest BCUT2D eigenvalue weighted by atomic mass is 10.1. The fourth-order valence-electron chi connectivity index (χ4n) is 1.30. The lowest BCUT2D eigenvalue weighted by Gasteiger charge is -2.11. The average Bonchev–Trinajstić information content (AvgIpc) is 2.37. The van der Waals surface area contributed by atoms with Gasteiger partial charge >= 0.3 is 12.1 Å². The third-order valence-electron chi connectivity index (χ3n) is 2.21. The third-order valence-corrected chi connectivity index (χ3v) is 2.21. The number of carboxylic acid groups (broad SMARTS) is 1. The second-order valence-electron chi connectivity index (χ2n) is 3.66. The number of nitriles is 1. The van der Waals surface area contributed by atoms with Gasteiger partial charge < -0.3 is 10.8 Å². The highest BCUT2D eigenvalue weighted by Crippen LogP contribution is 2.33. The van der Waals surface area contributed by atoms with Gasteiger partial charge in [0.2, 0.25) is 5.71 Å². The number of aromatic carboxylic acids is 1. The van der Waals surface area contributed by atoms with Crippen LogP contribution in [0.1, 0.15) is 15.9 Å². The maximum atomic E-state index is 12.7. The molecule has 0 bridgehead atoms. The Kier molecular flexibility index (Phi) is 4.49. The van der Waals surface area contributed by atoms with Crippen LogP contribution in [-0.4, -0.2) is 22.6 Å². The van der Waals surface area contributed by atoms with Crippen LogP contribution in [0.25, 0.3) is 0 Å². The van der Waals surface area contributed by atoms with E-state index in [1.807, 2.05) is 0 Å². The summed E-state index contributed by atoms with van der Waals surface area (Å²) < 4.78 is 38.2. The van der Waals surface area contributed by atoms with Crippen molar-refractivity contribution in [3.63, 3.8) is 0 Å². The molecular weight excluding hydrogens is 291 g/mol. The van der Waals surface area contributed by atoms with Crippen LogP contribution >= 0.6 is 0 Å². The molecule has 0 amide bonds. The number of benzene rings is 1. The lowest BCUT2D eigenvalue weighted by molar-refractivity contribution is -0.138. The molecule has 7 nitrogen and oxygen atoms in total. The molecular formula is C11H8F3N5O2.